The van der Waals surface area contributed by atoms with Gasteiger partial charge < -0.3 is 14.5 Å². The maximum absolute atomic E-state index is 12.7. The van der Waals surface area contributed by atoms with Crippen LogP contribution in [0, 0.1) is 17.3 Å². The maximum Gasteiger partial charge on any atom is 0.228 e. The lowest BCUT2D eigenvalue weighted by Crippen LogP contribution is -2.45. The maximum atomic E-state index is 12.7. The highest BCUT2D eigenvalue weighted by atomic mass is 16.5. The Kier molecular flexibility index (Phi) is 7.70. The Balaban J connectivity index is 1.52. The molecule has 30 heavy (non-hydrogen) atoms. The SMILES string of the molecule is C=N/C=C(/c1ccccc1)N(C)C[C@H](C)CC1(C)CCN(C(=O)C2CCOC2)CC1. The Morgan fingerprint density at radius 1 is 1.37 bits per heavy atom. The number of carbonyl (C=O) groups excluding carboxylic acids is 1. The van der Waals surface area contributed by atoms with Gasteiger partial charge in [0, 0.05) is 33.3 Å². The first-order valence-electron chi connectivity index (χ1n) is 11.2. The number of hydrogen-bond acceptors (Lipinski definition) is 4. The molecule has 1 aromatic carbocycles. The number of likely N-dealkylation sites (tertiary alicyclic amines) is 1. The number of hydrogen-bond donors (Lipinski definition) is 0. The Labute approximate surface area is 181 Å². The number of piperidine rings is 1. The molecule has 0 N–H and O–H groups in total. The molecule has 0 aromatic heterocycles. The summed E-state index contributed by atoms with van der Waals surface area (Å²) in [5.41, 5.74) is 2.55. The molecule has 2 heterocycles. The molecule has 1 amide bonds. The Morgan fingerprint density at radius 2 is 2.07 bits per heavy atom. The molecular formula is C25H37N3O2. The zero-order valence-corrected chi connectivity index (χ0v) is 18.8. The molecule has 5 heteroatoms. The molecule has 0 spiro atoms. The van der Waals surface area contributed by atoms with E-state index in [9.17, 15) is 4.79 Å². The standard InChI is InChI=1S/C25H37N3O2/c1-20(18-27(4)23(17-26-3)21-8-6-5-7-9-21)16-25(2)11-13-28(14-12-25)24(29)22-10-15-30-19-22/h5-9,17,20,22H,3,10-16,18-19H2,1-2,4H3/b23-17-/t20-,22?/m1/s1. The summed E-state index contributed by atoms with van der Waals surface area (Å²) >= 11 is 0. The van der Waals surface area contributed by atoms with Crippen molar-refractivity contribution in [2.75, 3.05) is 39.9 Å². The van der Waals surface area contributed by atoms with Gasteiger partial charge in [-0.3, -0.25) is 9.79 Å². The molecule has 1 aromatic rings. The average Bonchev–Trinajstić information content (AvgIpc) is 3.27. The molecule has 3 rings (SSSR count). The van der Waals surface area contributed by atoms with Crippen LogP contribution < -0.4 is 0 Å². The summed E-state index contributed by atoms with van der Waals surface area (Å²) in [6, 6.07) is 10.4. The van der Waals surface area contributed by atoms with Gasteiger partial charge in [-0.2, -0.15) is 0 Å². The van der Waals surface area contributed by atoms with Gasteiger partial charge in [-0.1, -0.05) is 44.2 Å². The molecule has 164 valence electrons. The van der Waals surface area contributed by atoms with Gasteiger partial charge in [0.05, 0.1) is 24.4 Å². The second-order valence-corrected chi connectivity index (χ2v) is 9.45. The molecule has 2 atom stereocenters. The van der Waals surface area contributed by atoms with Crippen LogP contribution in [0.1, 0.15) is 45.1 Å². The second kappa shape index (κ2) is 10.3. The van der Waals surface area contributed by atoms with Crippen LogP contribution >= 0.6 is 0 Å². The van der Waals surface area contributed by atoms with Crippen molar-refractivity contribution >= 4 is 18.3 Å². The summed E-state index contributed by atoms with van der Waals surface area (Å²) in [6.45, 7) is 12.4. The topological polar surface area (TPSA) is 45.1 Å². The molecule has 2 aliphatic heterocycles. The highest BCUT2D eigenvalue weighted by Gasteiger charge is 2.36. The smallest absolute Gasteiger partial charge is 0.228 e. The van der Waals surface area contributed by atoms with Crippen LogP contribution in [0.5, 0.6) is 0 Å². The summed E-state index contributed by atoms with van der Waals surface area (Å²) in [7, 11) is 2.13. The van der Waals surface area contributed by atoms with Crippen molar-refractivity contribution in [3.63, 3.8) is 0 Å². The molecule has 2 saturated heterocycles. The normalized spacial score (nSPS) is 22.6. The number of rotatable bonds is 8. The van der Waals surface area contributed by atoms with Gasteiger partial charge >= 0.3 is 0 Å². The van der Waals surface area contributed by atoms with E-state index >= 15 is 0 Å². The van der Waals surface area contributed by atoms with E-state index in [0.29, 0.717) is 18.4 Å². The Bertz CT molecular complexity index is 732. The predicted molar refractivity (Wildman–Crippen MR) is 123 cm³/mol. The van der Waals surface area contributed by atoms with Gasteiger partial charge in [0.1, 0.15) is 0 Å². The van der Waals surface area contributed by atoms with E-state index in [4.69, 9.17) is 4.74 Å². The lowest BCUT2D eigenvalue weighted by Gasteiger charge is -2.42. The van der Waals surface area contributed by atoms with E-state index in [-0.39, 0.29) is 11.3 Å². The van der Waals surface area contributed by atoms with Crippen molar-refractivity contribution in [2.45, 2.75) is 39.5 Å². The van der Waals surface area contributed by atoms with E-state index in [1.807, 2.05) is 12.3 Å². The summed E-state index contributed by atoms with van der Waals surface area (Å²) in [6.07, 6.45) is 6.05. The average molecular weight is 412 g/mol. The Morgan fingerprint density at radius 3 is 2.67 bits per heavy atom. The van der Waals surface area contributed by atoms with E-state index in [2.05, 4.69) is 66.7 Å². The molecule has 0 saturated carbocycles. The molecule has 1 unspecified atom stereocenters. The van der Waals surface area contributed by atoms with E-state index in [0.717, 1.165) is 63.2 Å². The molecule has 0 radical (unpaired) electrons. The van der Waals surface area contributed by atoms with Crippen LogP contribution in [0.3, 0.4) is 0 Å². The second-order valence-electron chi connectivity index (χ2n) is 9.45. The lowest BCUT2D eigenvalue weighted by atomic mass is 9.74. The van der Waals surface area contributed by atoms with Crippen LogP contribution in [-0.2, 0) is 9.53 Å². The minimum Gasteiger partial charge on any atom is -0.381 e. The predicted octanol–water partition coefficient (Wildman–Crippen LogP) is 4.31. The quantitative estimate of drug-likeness (QED) is 0.599. The molecule has 2 fully saturated rings. The minimum atomic E-state index is 0.0867. The lowest BCUT2D eigenvalue weighted by molar-refractivity contribution is -0.137. The number of nitrogens with zero attached hydrogens (tertiary/aromatic N) is 3. The van der Waals surface area contributed by atoms with E-state index in [1.54, 1.807) is 0 Å². The van der Waals surface area contributed by atoms with Crippen LogP contribution in [0.4, 0.5) is 0 Å². The highest BCUT2D eigenvalue weighted by molar-refractivity contribution is 5.79. The van der Waals surface area contributed by atoms with Gasteiger partial charge in [0.25, 0.3) is 0 Å². The van der Waals surface area contributed by atoms with Crippen molar-refractivity contribution in [1.82, 2.24) is 9.80 Å². The van der Waals surface area contributed by atoms with Gasteiger partial charge in [0.2, 0.25) is 5.91 Å². The third-order valence-corrected chi connectivity index (χ3v) is 6.68. The van der Waals surface area contributed by atoms with Gasteiger partial charge in [0.15, 0.2) is 0 Å². The van der Waals surface area contributed by atoms with Crippen LogP contribution in [-0.4, -0.2) is 62.3 Å². The first kappa shape index (κ1) is 22.5. The number of benzene rings is 1. The van der Waals surface area contributed by atoms with E-state index < -0.39 is 0 Å². The van der Waals surface area contributed by atoms with Crippen LogP contribution in [0.2, 0.25) is 0 Å². The number of ether oxygens (including phenoxy) is 1. The summed E-state index contributed by atoms with van der Waals surface area (Å²) in [5, 5.41) is 0. The summed E-state index contributed by atoms with van der Waals surface area (Å²) in [4.78, 5) is 21.1. The third-order valence-electron chi connectivity index (χ3n) is 6.68. The number of carbonyl (C=O) groups is 1. The van der Waals surface area contributed by atoms with Crippen LogP contribution in [0.15, 0.2) is 41.5 Å². The van der Waals surface area contributed by atoms with Crippen molar-refractivity contribution < 1.29 is 9.53 Å². The molecule has 0 bridgehead atoms. The molecule has 5 nitrogen and oxygen atoms in total. The zero-order chi connectivity index (χ0) is 21.6. The van der Waals surface area contributed by atoms with Gasteiger partial charge in [-0.15, -0.1) is 0 Å². The number of amides is 1. The largest absolute Gasteiger partial charge is 0.381 e. The Hall–Kier alpha value is -2.14. The molecule has 2 aliphatic rings. The monoisotopic (exact) mass is 411 g/mol. The molecule has 0 aliphatic carbocycles. The van der Waals surface area contributed by atoms with Crippen molar-refractivity contribution in [1.29, 1.82) is 0 Å². The molecular weight excluding hydrogens is 374 g/mol. The zero-order valence-electron chi connectivity index (χ0n) is 18.8. The van der Waals surface area contributed by atoms with Crippen molar-refractivity contribution in [3.8, 4) is 0 Å². The van der Waals surface area contributed by atoms with E-state index in [1.165, 1.54) is 0 Å². The van der Waals surface area contributed by atoms with Crippen LogP contribution in [0.25, 0.3) is 5.70 Å². The number of aliphatic imine (C=N–C) groups is 1. The highest BCUT2D eigenvalue weighted by Crippen LogP contribution is 2.38. The van der Waals surface area contributed by atoms with Gasteiger partial charge in [-0.05, 0) is 49.3 Å². The van der Waals surface area contributed by atoms with Gasteiger partial charge in [-0.25, -0.2) is 0 Å². The minimum absolute atomic E-state index is 0.0867. The first-order valence-corrected chi connectivity index (χ1v) is 11.2. The third kappa shape index (κ3) is 5.72. The van der Waals surface area contributed by atoms with Crippen molar-refractivity contribution in [2.24, 2.45) is 22.2 Å². The summed E-state index contributed by atoms with van der Waals surface area (Å²) in [5.74, 6) is 0.933. The summed E-state index contributed by atoms with van der Waals surface area (Å²) < 4.78 is 5.40. The van der Waals surface area contributed by atoms with Crippen molar-refractivity contribution in [3.05, 3.63) is 42.1 Å². The fraction of sp³-hybridized carbons (Fsp3) is 0.600. The fourth-order valence-electron chi connectivity index (χ4n) is 5.02. The first-order chi connectivity index (χ1) is 14.4. The fourth-order valence-corrected chi connectivity index (χ4v) is 5.02.